The summed E-state index contributed by atoms with van der Waals surface area (Å²) in [6, 6.07) is 0.456. The van der Waals surface area contributed by atoms with Gasteiger partial charge in [0.2, 0.25) is 5.91 Å². The summed E-state index contributed by atoms with van der Waals surface area (Å²) in [5.41, 5.74) is 4.85. The normalized spacial score (nSPS) is 18.0. The van der Waals surface area contributed by atoms with E-state index in [1.165, 1.54) is 0 Å². The highest BCUT2D eigenvalue weighted by Gasteiger charge is 2.26. The molecule has 0 saturated carbocycles. The maximum absolute atomic E-state index is 11.1. The largest absolute Gasteiger partial charge is 0.339 e. The van der Waals surface area contributed by atoms with E-state index in [0.29, 0.717) is 6.04 Å². The topological polar surface area (TPSA) is 66.6 Å². The Labute approximate surface area is 105 Å². The van der Waals surface area contributed by atoms with Crippen LogP contribution in [0.15, 0.2) is 0 Å². The first-order chi connectivity index (χ1) is 8.02. The van der Waals surface area contributed by atoms with Gasteiger partial charge >= 0.3 is 0 Å². The molecule has 17 heavy (non-hydrogen) atoms. The molecule has 0 aliphatic carbocycles. The van der Waals surface area contributed by atoms with Crippen LogP contribution in [0.1, 0.15) is 26.7 Å². The number of rotatable bonds is 2. The summed E-state index contributed by atoms with van der Waals surface area (Å²) in [4.78, 5) is 23.3. The quantitative estimate of drug-likeness (QED) is 0.762. The fourth-order valence-electron chi connectivity index (χ4n) is 1.86. The van der Waals surface area contributed by atoms with E-state index in [2.05, 4.69) is 19.0 Å². The molecule has 5 heteroatoms. The Morgan fingerprint density at radius 1 is 1.47 bits per heavy atom. The molecule has 0 unspecified atom stereocenters. The summed E-state index contributed by atoms with van der Waals surface area (Å²) in [5, 5.41) is 0. The SMILES string of the molecule is C=O.CC(=O)N1CCC[C@@H]1CN(C)C.CCN. The summed E-state index contributed by atoms with van der Waals surface area (Å²) in [6.45, 7) is 8.27. The smallest absolute Gasteiger partial charge is 0.219 e. The molecule has 1 fully saturated rings. The van der Waals surface area contributed by atoms with E-state index in [-0.39, 0.29) is 5.91 Å². The maximum atomic E-state index is 11.1. The molecule has 0 radical (unpaired) electrons. The van der Waals surface area contributed by atoms with Gasteiger partial charge in [-0.1, -0.05) is 6.92 Å². The Hall–Kier alpha value is -0.940. The van der Waals surface area contributed by atoms with Crippen LogP contribution in [0.3, 0.4) is 0 Å². The zero-order valence-electron chi connectivity index (χ0n) is 11.6. The molecule has 1 rings (SSSR count). The fourth-order valence-corrected chi connectivity index (χ4v) is 1.86. The Morgan fingerprint density at radius 2 is 1.94 bits per heavy atom. The van der Waals surface area contributed by atoms with Crippen LogP contribution in [0.4, 0.5) is 0 Å². The molecule has 1 heterocycles. The molecule has 0 aromatic carbocycles. The van der Waals surface area contributed by atoms with Gasteiger partial charge in [0.15, 0.2) is 0 Å². The van der Waals surface area contributed by atoms with Crippen molar-refractivity contribution in [3.8, 4) is 0 Å². The van der Waals surface area contributed by atoms with Crippen molar-refractivity contribution in [1.82, 2.24) is 9.80 Å². The van der Waals surface area contributed by atoms with Gasteiger partial charge < -0.3 is 20.3 Å². The molecule has 0 spiro atoms. The van der Waals surface area contributed by atoms with E-state index in [0.717, 1.165) is 32.5 Å². The lowest BCUT2D eigenvalue weighted by molar-refractivity contribution is -0.129. The Bertz CT molecular complexity index is 198. The van der Waals surface area contributed by atoms with Crippen molar-refractivity contribution in [2.45, 2.75) is 32.7 Å². The number of amides is 1. The van der Waals surface area contributed by atoms with Crippen LogP contribution in [0.5, 0.6) is 0 Å². The third-order valence-electron chi connectivity index (χ3n) is 2.36. The average Bonchev–Trinajstić information content (AvgIpc) is 2.69. The van der Waals surface area contributed by atoms with Gasteiger partial charge in [-0.15, -0.1) is 0 Å². The average molecular weight is 245 g/mol. The number of nitrogens with two attached hydrogens (primary N) is 1. The molecule has 2 N–H and O–H groups in total. The minimum Gasteiger partial charge on any atom is -0.339 e. The van der Waals surface area contributed by atoms with Crippen LogP contribution < -0.4 is 5.73 Å². The minimum absolute atomic E-state index is 0.222. The van der Waals surface area contributed by atoms with Gasteiger partial charge in [-0.25, -0.2) is 0 Å². The lowest BCUT2D eigenvalue weighted by Crippen LogP contribution is -2.40. The van der Waals surface area contributed by atoms with Crippen molar-refractivity contribution in [2.75, 3.05) is 33.7 Å². The Balaban J connectivity index is 0. The van der Waals surface area contributed by atoms with Gasteiger partial charge in [0.05, 0.1) is 0 Å². The van der Waals surface area contributed by atoms with Crippen molar-refractivity contribution in [3.05, 3.63) is 0 Å². The number of nitrogens with zero attached hydrogens (tertiary/aromatic N) is 2. The van der Waals surface area contributed by atoms with Crippen LogP contribution in [0.2, 0.25) is 0 Å². The highest BCUT2D eigenvalue weighted by atomic mass is 16.2. The number of carbonyl (C=O) groups excluding carboxylic acids is 2. The van der Waals surface area contributed by atoms with Crippen molar-refractivity contribution in [2.24, 2.45) is 5.73 Å². The van der Waals surface area contributed by atoms with Crippen LogP contribution >= 0.6 is 0 Å². The number of hydrogen-bond donors (Lipinski definition) is 1. The van der Waals surface area contributed by atoms with Gasteiger partial charge in [0.25, 0.3) is 0 Å². The van der Waals surface area contributed by atoms with Crippen LogP contribution in [-0.2, 0) is 9.59 Å². The zero-order chi connectivity index (χ0) is 13.8. The van der Waals surface area contributed by atoms with Gasteiger partial charge in [-0.3, -0.25) is 4.79 Å². The summed E-state index contributed by atoms with van der Waals surface area (Å²) in [7, 11) is 4.10. The van der Waals surface area contributed by atoms with Crippen molar-refractivity contribution >= 4 is 12.7 Å². The molecule has 1 saturated heterocycles. The predicted octanol–water partition coefficient (Wildman–Crippen LogP) is 0.339. The first-order valence-electron chi connectivity index (χ1n) is 5.93. The predicted molar refractivity (Wildman–Crippen MR) is 70.8 cm³/mol. The van der Waals surface area contributed by atoms with E-state index < -0.39 is 0 Å². The standard InChI is InChI=1S/C9H18N2O.C2H7N.CH2O/c1-8(12)11-6-4-5-9(11)7-10(2)3;1-2-3;1-2/h9H,4-7H2,1-3H3;2-3H2,1H3;1H2/t9-;;/m1../s1. The molecular weight excluding hydrogens is 218 g/mol. The molecule has 1 aliphatic heterocycles. The summed E-state index contributed by atoms with van der Waals surface area (Å²) < 4.78 is 0. The third-order valence-corrected chi connectivity index (χ3v) is 2.36. The van der Waals surface area contributed by atoms with Gasteiger partial charge in [0, 0.05) is 26.1 Å². The molecule has 1 aliphatic rings. The highest BCUT2D eigenvalue weighted by Crippen LogP contribution is 2.17. The third kappa shape index (κ3) is 8.83. The van der Waals surface area contributed by atoms with E-state index in [1.54, 1.807) is 6.92 Å². The molecule has 0 bridgehead atoms. The Kier molecular flexibility index (Phi) is 12.5. The number of hydrogen-bond acceptors (Lipinski definition) is 4. The number of carbonyl (C=O) groups is 2. The fraction of sp³-hybridized carbons (Fsp3) is 0.833. The zero-order valence-corrected chi connectivity index (χ0v) is 11.6. The number of likely N-dealkylation sites (N-methyl/N-ethyl adjacent to an activating group) is 1. The van der Waals surface area contributed by atoms with E-state index in [9.17, 15) is 4.79 Å². The molecule has 5 nitrogen and oxygen atoms in total. The second-order valence-electron chi connectivity index (χ2n) is 4.18. The lowest BCUT2D eigenvalue weighted by Gasteiger charge is -2.25. The molecule has 0 aromatic rings. The molecule has 1 amide bonds. The van der Waals surface area contributed by atoms with Crippen molar-refractivity contribution in [3.63, 3.8) is 0 Å². The summed E-state index contributed by atoms with van der Waals surface area (Å²) >= 11 is 0. The second-order valence-corrected chi connectivity index (χ2v) is 4.18. The minimum atomic E-state index is 0.222. The number of likely N-dealkylation sites (tertiary alicyclic amines) is 1. The molecule has 102 valence electrons. The highest BCUT2D eigenvalue weighted by molar-refractivity contribution is 5.73. The van der Waals surface area contributed by atoms with E-state index in [4.69, 9.17) is 10.5 Å². The monoisotopic (exact) mass is 245 g/mol. The van der Waals surface area contributed by atoms with Gasteiger partial charge in [-0.05, 0) is 33.5 Å². The first-order valence-corrected chi connectivity index (χ1v) is 5.93. The van der Waals surface area contributed by atoms with Crippen LogP contribution in [-0.4, -0.2) is 62.3 Å². The van der Waals surface area contributed by atoms with Crippen LogP contribution in [0.25, 0.3) is 0 Å². The lowest BCUT2D eigenvalue weighted by atomic mass is 10.2. The van der Waals surface area contributed by atoms with E-state index >= 15 is 0 Å². The Morgan fingerprint density at radius 3 is 2.29 bits per heavy atom. The second kappa shape index (κ2) is 11.5. The van der Waals surface area contributed by atoms with Gasteiger partial charge in [-0.2, -0.15) is 0 Å². The van der Waals surface area contributed by atoms with Gasteiger partial charge in [0.1, 0.15) is 6.79 Å². The molecular formula is C12H27N3O2. The summed E-state index contributed by atoms with van der Waals surface area (Å²) in [5.74, 6) is 0.222. The van der Waals surface area contributed by atoms with Crippen molar-refractivity contribution in [1.29, 1.82) is 0 Å². The molecule has 0 aromatic heterocycles. The molecule has 1 atom stereocenters. The maximum Gasteiger partial charge on any atom is 0.219 e. The van der Waals surface area contributed by atoms with Crippen molar-refractivity contribution < 1.29 is 9.59 Å². The van der Waals surface area contributed by atoms with Crippen LogP contribution in [0, 0.1) is 0 Å². The van der Waals surface area contributed by atoms with E-state index in [1.807, 2.05) is 18.6 Å². The summed E-state index contributed by atoms with van der Waals surface area (Å²) in [6.07, 6.45) is 2.33. The first kappa shape index (κ1) is 18.4.